The Morgan fingerprint density at radius 3 is 2.00 bits per heavy atom. The molecule has 0 atom stereocenters. The number of nitrogens with one attached hydrogen (secondary N) is 1. The van der Waals surface area contributed by atoms with Crippen molar-refractivity contribution in [2.45, 2.75) is 38.1 Å². The van der Waals surface area contributed by atoms with Gasteiger partial charge in [-0.25, -0.2) is 4.72 Å². The lowest BCUT2D eigenvalue weighted by Crippen LogP contribution is -2.33. The largest absolute Gasteiger partial charge is 0.296 e. The van der Waals surface area contributed by atoms with Crippen LogP contribution in [0, 0.1) is 0 Å². The van der Waals surface area contributed by atoms with Crippen molar-refractivity contribution in [3.05, 3.63) is 0 Å². The Kier molecular flexibility index (Phi) is 3.15. The van der Waals surface area contributed by atoms with Crippen molar-refractivity contribution in [1.29, 1.82) is 0 Å². The van der Waals surface area contributed by atoms with Gasteiger partial charge in [0.05, 0.1) is 0 Å². The first-order valence-electron chi connectivity index (χ1n) is 3.86. The quantitative estimate of drug-likeness (QED) is 0.526. The summed E-state index contributed by atoms with van der Waals surface area (Å²) in [6.45, 7) is 0. The fourth-order valence-corrected chi connectivity index (χ4v) is 2.13. The molecule has 0 aromatic heterocycles. The van der Waals surface area contributed by atoms with Crippen LogP contribution in [0.4, 0.5) is 0 Å². The lowest BCUT2D eigenvalue weighted by molar-refractivity contribution is 0.328. The zero-order valence-electron chi connectivity index (χ0n) is 6.36. The second-order valence-electron chi connectivity index (χ2n) is 2.97. The van der Waals surface area contributed by atoms with E-state index in [4.69, 9.17) is 13.7 Å². The van der Waals surface area contributed by atoms with Gasteiger partial charge in [-0.2, -0.15) is 0 Å². The molecule has 0 heterocycles. The van der Waals surface area contributed by atoms with Crippen LogP contribution in [0.1, 0.15) is 32.1 Å². The first-order valence-corrected chi connectivity index (χ1v) is 5.36. The van der Waals surface area contributed by atoms with Gasteiger partial charge in [0.2, 0.25) is 0 Å². The molecular weight excluding hydrogens is 166 g/mol. The molecule has 68 valence electrons. The molecule has 1 aliphatic rings. The van der Waals surface area contributed by atoms with Crippen LogP contribution < -0.4 is 4.72 Å². The highest BCUT2D eigenvalue weighted by Crippen LogP contribution is 2.31. The van der Waals surface area contributed by atoms with Gasteiger partial charge in [0.25, 0.3) is 0 Å². The molecule has 0 amide bonds. The summed E-state index contributed by atoms with van der Waals surface area (Å²) in [5.74, 6) is 0. The molecule has 0 unspecified atom stereocenters. The van der Waals surface area contributed by atoms with E-state index in [0.717, 1.165) is 25.7 Å². The summed E-state index contributed by atoms with van der Waals surface area (Å²) in [6, 6.07) is 0.0822. The van der Waals surface area contributed by atoms with Gasteiger partial charge in [0, 0.05) is 6.04 Å². The van der Waals surface area contributed by atoms with E-state index in [2.05, 4.69) is 4.72 Å². The topological polar surface area (TPSA) is 72.7 Å². The summed E-state index contributed by atoms with van der Waals surface area (Å²) in [6.07, 6.45) is 5.27. The van der Waals surface area contributed by atoms with Crippen molar-refractivity contribution >= 4 is 11.1 Å². The van der Waals surface area contributed by atoms with Gasteiger partial charge in [-0.15, -0.1) is 0 Å². The minimum absolute atomic E-state index is 0.0822. The highest BCUT2D eigenvalue weighted by atomic mass is 32.3. The van der Waals surface area contributed by atoms with E-state index in [9.17, 15) is 0 Å². The zero-order valence-corrected chi connectivity index (χ0v) is 7.18. The molecule has 11 heavy (non-hydrogen) atoms. The lowest BCUT2D eigenvalue weighted by Gasteiger charge is -2.29. The zero-order chi connectivity index (χ0) is 8.32. The molecule has 0 aromatic carbocycles. The summed E-state index contributed by atoms with van der Waals surface area (Å²) in [5.41, 5.74) is 0. The molecule has 0 spiro atoms. The second-order valence-corrected chi connectivity index (χ2v) is 4.24. The monoisotopic (exact) mass is 181 g/mol. The Morgan fingerprint density at radius 1 is 1.00 bits per heavy atom. The molecule has 4 N–H and O–H groups in total. The minimum atomic E-state index is -3.47. The van der Waals surface area contributed by atoms with Crippen molar-refractivity contribution in [2.75, 3.05) is 0 Å². The summed E-state index contributed by atoms with van der Waals surface area (Å²) >= 11 is -3.47. The van der Waals surface area contributed by atoms with Crippen LogP contribution in [0.25, 0.3) is 0 Å². The summed E-state index contributed by atoms with van der Waals surface area (Å²) in [5, 5.41) is 0. The van der Waals surface area contributed by atoms with Gasteiger partial charge in [-0.1, -0.05) is 19.3 Å². The molecule has 1 rings (SSSR count). The smallest absolute Gasteiger partial charge is 0.152 e. The fourth-order valence-electron chi connectivity index (χ4n) is 1.44. The Bertz CT molecular complexity index is 119. The van der Waals surface area contributed by atoms with Crippen LogP contribution in [0.5, 0.6) is 0 Å². The Hall–Kier alpha value is 0.190. The van der Waals surface area contributed by atoms with Crippen molar-refractivity contribution in [3.63, 3.8) is 0 Å². The molecule has 1 aliphatic carbocycles. The third-order valence-electron chi connectivity index (χ3n) is 1.93. The van der Waals surface area contributed by atoms with Crippen LogP contribution in [0.2, 0.25) is 0 Å². The van der Waals surface area contributed by atoms with Gasteiger partial charge < -0.3 is 0 Å². The Labute approximate surface area is 68.3 Å². The molecule has 0 aromatic rings. The van der Waals surface area contributed by atoms with Crippen LogP contribution in [-0.4, -0.2) is 19.7 Å². The van der Waals surface area contributed by atoms with Gasteiger partial charge in [-0.05, 0) is 12.8 Å². The molecule has 5 heteroatoms. The van der Waals surface area contributed by atoms with Crippen LogP contribution in [0.15, 0.2) is 0 Å². The number of hydrogen-bond acceptors (Lipinski definition) is 4. The maximum atomic E-state index is 8.65. The van der Waals surface area contributed by atoms with Gasteiger partial charge in [0.15, 0.2) is 11.1 Å². The molecule has 4 nitrogen and oxygen atoms in total. The third-order valence-corrected chi connectivity index (χ3v) is 2.58. The van der Waals surface area contributed by atoms with Crippen molar-refractivity contribution < 1.29 is 13.7 Å². The standard InChI is InChI=1S/C6H15NO3S/c8-11(9,10)7-6-4-2-1-3-5-6/h6-10H,1-5H2. The highest BCUT2D eigenvalue weighted by molar-refractivity contribution is 8.17. The maximum Gasteiger partial charge on any atom is 0.152 e. The summed E-state index contributed by atoms with van der Waals surface area (Å²) in [4.78, 5) is 0. The van der Waals surface area contributed by atoms with Crippen molar-refractivity contribution in [3.8, 4) is 0 Å². The molecule has 1 saturated carbocycles. The predicted molar refractivity (Wildman–Crippen MR) is 45.5 cm³/mol. The molecule has 0 bridgehead atoms. The first kappa shape index (κ1) is 9.28. The van der Waals surface area contributed by atoms with E-state index >= 15 is 0 Å². The van der Waals surface area contributed by atoms with Crippen LogP contribution in [0.3, 0.4) is 0 Å². The van der Waals surface area contributed by atoms with Crippen LogP contribution in [-0.2, 0) is 0 Å². The van der Waals surface area contributed by atoms with E-state index in [1.54, 1.807) is 0 Å². The Morgan fingerprint density at radius 2 is 1.55 bits per heavy atom. The molecule has 0 saturated heterocycles. The van der Waals surface area contributed by atoms with E-state index in [1.807, 2.05) is 0 Å². The third kappa shape index (κ3) is 3.93. The maximum absolute atomic E-state index is 8.65. The average Bonchev–Trinajstić information content (AvgIpc) is 1.85. The van der Waals surface area contributed by atoms with Crippen molar-refractivity contribution in [2.24, 2.45) is 0 Å². The lowest BCUT2D eigenvalue weighted by atomic mass is 9.96. The average molecular weight is 181 g/mol. The number of hydrogen-bond donors (Lipinski definition) is 4. The molecule has 0 radical (unpaired) electrons. The highest BCUT2D eigenvalue weighted by Gasteiger charge is 2.20. The Balaban J connectivity index is 2.24. The molecule has 0 aliphatic heterocycles. The van der Waals surface area contributed by atoms with E-state index in [-0.39, 0.29) is 6.04 Å². The molecular formula is C6H15NO3S. The van der Waals surface area contributed by atoms with E-state index < -0.39 is 11.1 Å². The van der Waals surface area contributed by atoms with E-state index in [0.29, 0.717) is 0 Å². The van der Waals surface area contributed by atoms with Crippen molar-refractivity contribution in [1.82, 2.24) is 4.72 Å². The van der Waals surface area contributed by atoms with Gasteiger partial charge in [0.1, 0.15) is 0 Å². The van der Waals surface area contributed by atoms with Gasteiger partial charge in [-0.3, -0.25) is 13.7 Å². The summed E-state index contributed by atoms with van der Waals surface area (Å²) in [7, 11) is 0. The second kappa shape index (κ2) is 3.73. The normalized spacial score (nSPS) is 23.5. The van der Waals surface area contributed by atoms with Crippen LogP contribution >= 0.6 is 11.1 Å². The summed E-state index contributed by atoms with van der Waals surface area (Å²) < 4.78 is 28.4. The molecule has 1 fully saturated rings. The van der Waals surface area contributed by atoms with E-state index in [1.165, 1.54) is 6.42 Å². The SMILES string of the molecule is OS(O)(O)NC1CCCCC1. The first-order chi connectivity index (χ1) is 5.08. The fraction of sp³-hybridized carbons (Fsp3) is 1.00. The number of rotatable bonds is 2. The van der Waals surface area contributed by atoms with Gasteiger partial charge >= 0.3 is 0 Å². The predicted octanol–water partition coefficient (Wildman–Crippen LogP) is 2.05. The minimum Gasteiger partial charge on any atom is -0.296 e.